The molecule has 0 aromatic heterocycles. The Morgan fingerprint density at radius 2 is 1.65 bits per heavy atom. The van der Waals surface area contributed by atoms with Gasteiger partial charge in [-0.05, 0) is 24.0 Å². The topological polar surface area (TPSA) is 53.1 Å². The van der Waals surface area contributed by atoms with E-state index in [1.807, 2.05) is 12.1 Å². The van der Waals surface area contributed by atoms with Crippen molar-refractivity contribution in [3.05, 3.63) is 29.3 Å². The molecule has 6 nitrogen and oxygen atoms in total. The summed E-state index contributed by atoms with van der Waals surface area (Å²) in [5, 5.41) is 0. The number of aryl methyl sites for hydroxylation is 1. The fourth-order valence-corrected chi connectivity index (χ4v) is 3.02. The quantitative estimate of drug-likeness (QED) is 0.831. The van der Waals surface area contributed by atoms with Crippen molar-refractivity contribution in [2.75, 3.05) is 46.9 Å². The molecule has 1 saturated heterocycles. The van der Waals surface area contributed by atoms with Crippen LogP contribution in [0.25, 0.3) is 0 Å². The molecule has 144 valence electrons. The molecule has 0 saturated carbocycles. The van der Waals surface area contributed by atoms with Crippen LogP contribution >= 0.6 is 0 Å². The van der Waals surface area contributed by atoms with E-state index in [1.54, 1.807) is 28.8 Å². The second-order valence-electron chi connectivity index (χ2n) is 8.08. The van der Waals surface area contributed by atoms with E-state index >= 15 is 0 Å². The van der Waals surface area contributed by atoms with Gasteiger partial charge in [-0.3, -0.25) is 4.79 Å². The first-order valence-corrected chi connectivity index (χ1v) is 9.07. The number of urea groups is 1. The van der Waals surface area contributed by atoms with Gasteiger partial charge in [0.1, 0.15) is 5.75 Å². The van der Waals surface area contributed by atoms with Gasteiger partial charge in [0.15, 0.2) is 6.61 Å². The summed E-state index contributed by atoms with van der Waals surface area (Å²) in [6.07, 6.45) is 0. The van der Waals surface area contributed by atoms with Crippen molar-refractivity contribution in [3.8, 4) is 5.75 Å². The first kappa shape index (κ1) is 20.1. The molecule has 0 bridgehead atoms. The predicted octanol–water partition coefficient (Wildman–Crippen LogP) is 2.50. The summed E-state index contributed by atoms with van der Waals surface area (Å²) in [5.74, 6) is 0.722. The Kier molecular flexibility index (Phi) is 6.16. The fourth-order valence-electron chi connectivity index (χ4n) is 3.02. The average molecular weight is 361 g/mol. The Labute approximate surface area is 156 Å². The SMILES string of the molecule is Cc1ccc(OCC(=O)N2CCN(C(=O)N(C)C)CC2)c(C(C)(C)C)c1. The predicted molar refractivity (Wildman–Crippen MR) is 103 cm³/mol. The van der Waals surface area contributed by atoms with Crippen LogP contribution in [0.3, 0.4) is 0 Å². The zero-order valence-electron chi connectivity index (χ0n) is 16.8. The van der Waals surface area contributed by atoms with Gasteiger partial charge in [0, 0.05) is 40.3 Å². The molecule has 0 unspecified atom stereocenters. The summed E-state index contributed by atoms with van der Waals surface area (Å²) in [4.78, 5) is 29.6. The number of hydrogen-bond acceptors (Lipinski definition) is 3. The number of nitrogens with zero attached hydrogens (tertiary/aromatic N) is 3. The Bertz CT molecular complexity index is 657. The van der Waals surface area contributed by atoms with Gasteiger partial charge in [-0.1, -0.05) is 38.5 Å². The molecule has 26 heavy (non-hydrogen) atoms. The van der Waals surface area contributed by atoms with Gasteiger partial charge in [-0.25, -0.2) is 4.79 Å². The Hall–Kier alpha value is -2.24. The number of amides is 3. The van der Waals surface area contributed by atoms with Gasteiger partial charge >= 0.3 is 6.03 Å². The lowest BCUT2D eigenvalue weighted by molar-refractivity contribution is -0.134. The Morgan fingerprint density at radius 1 is 1.08 bits per heavy atom. The summed E-state index contributed by atoms with van der Waals surface area (Å²) in [5.41, 5.74) is 2.23. The summed E-state index contributed by atoms with van der Waals surface area (Å²) >= 11 is 0. The largest absolute Gasteiger partial charge is 0.483 e. The molecule has 3 amide bonds. The van der Waals surface area contributed by atoms with Gasteiger partial charge in [-0.15, -0.1) is 0 Å². The van der Waals surface area contributed by atoms with Crippen LogP contribution in [0.5, 0.6) is 5.75 Å². The summed E-state index contributed by atoms with van der Waals surface area (Å²) in [7, 11) is 3.48. The van der Waals surface area contributed by atoms with Gasteiger partial charge in [0.2, 0.25) is 0 Å². The second kappa shape index (κ2) is 7.98. The van der Waals surface area contributed by atoms with Crippen molar-refractivity contribution in [2.45, 2.75) is 33.1 Å². The second-order valence-corrected chi connectivity index (χ2v) is 8.08. The number of benzene rings is 1. The van der Waals surface area contributed by atoms with Crippen molar-refractivity contribution in [2.24, 2.45) is 0 Å². The first-order valence-electron chi connectivity index (χ1n) is 9.07. The van der Waals surface area contributed by atoms with Crippen LogP contribution in [0.15, 0.2) is 18.2 Å². The van der Waals surface area contributed by atoms with Crippen LogP contribution in [0.4, 0.5) is 4.79 Å². The number of carbonyl (C=O) groups excluding carboxylic acids is 2. The molecule has 1 fully saturated rings. The van der Waals surface area contributed by atoms with Gasteiger partial charge in [0.05, 0.1) is 0 Å². The van der Waals surface area contributed by atoms with E-state index in [0.717, 1.165) is 11.3 Å². The van der Waals surface area contributed by atoms with Crippen LogP contribution in [-0.4, -0.2) is 73.5 Å². The standard InChI is InChI=1S/C20H31N3O3/c1-15-7-8-17(16(13-15)20(2,3)4)26-14-18(24)22-9-11-23(12-10-22)19(25)21(5)6/h7-8,13H,9-12,14H2,1-6H3. The van der Waals surface area contributed by atoms with Crippen LogP contribution in [0.1, 0.15) is 31.9 Å². The number of carbonyl (C=O) groups is 2. The van der Waals surface area contributed by atoms with E-state index in [4.69, 9.17) is 4.74 Å². The zero-order chi connectivity index (χ0) is 19.5. The normalized spacial score (nSPS) is 15.0. The maximum absolute atomic E-state index is 12.5. The van der Waals surface area contributed by atoms with Crippen LogP contribution in [0.2, 0.25) is 0 Å². The van der Waals surface area contributed by atoms with Gasteiger partial charge < -0.3 is 19.4 Å². The third-order valence-corrected chi connectivity index (χ3v) is 4.58. The lowest BCUT2D eigenvalue weighted by atomic mass is 9.85. The van der Waals surface area contributed by atoms with E-state index in [1.165, 1.54) is 5.56 Å². The van der Waals surface area contributed by atoms with Crippen LogP contribution in [0, 0.1) is 6.92 Å². The molecule has 1 aliphatic rings. The molecule has 6 heteroatoms. The number of ether oxygens (including phenoxy) is 1. The average Bonchev–Trinajstić information content (AvgIpc) is 2.59. The molecule has 1 heterocycles. The zero-order valence-corrected chi connectivity index (χ0v) is 16.8. The maximum Gasteiger partial charge on any atom is 0.319 e. The minimum atomic E-state index is -0.0530. The Balaban J connectivity index is 1.93. The first-order chi connectivity index (χ1) is 12.1. The summed E-state index contributed by atoms with van der Waals surface area (Å²) < 4.78 is 5.87. The van der Waals surface area contributed by atoms with E-state index in [-0.39, 0.29) is 24.0 Å². The molecular weight excluding hydrogens is 330 g/mol. The number of rotatable bonds is 3. The minimum absolute atomic E-state index is 0.0113. The number of piperazine rings is 1. The van der Waals surface area contributed by atoms with Crippen molar-refractivity contribution in [3.63, 3.8) is 0 Å². The third kappa shape index (κ3) is 4.90. The maximum atomic E-state index is 12.5. The highest BCUT2D eigenvalue weighted by molar-refractivity contribution is 5.79. The molecule has 1 aliphatic heterocycles. The molecule has 0 N–H and O–H groups in total. The van der Waals surface area contributed by atoms with Crippen molar-refractivity contribution < 1.29 is 14.3 Å². The highest BCUT2D eigenvalue weighted by atomic mass is 16.5. The molecule has 2 rings (SSSR count). The minimum Gasteiger partial charge on any atom is -0.483 e. The van der Waals surface area contributed by atoms with E-state index < -0.39 is 0 Å². The molecular formula is C20H31N3O3. The van der Waals surface area contributed by atoms with Crippen LogP contribution in [-0.2, 0) is 10.2 Å². The molecule has 1 aromatic rings. The Morgan fingerprint density at radius 3 is 2.19 bits per heavy atom. The fraction of sp³-hybridized carbons (Fsp3) is 0.600. The monoisotopic (exact) mass is 361 g/mol. The van der Waals surface area contributed by atoms with Gasteiger partial charge in [0.25, 0.3) is 5.91 Å². The summed E-state index contributed by atoms with van der Waals surface area (Å²) in [6, 6.07) is 6.05. The smallest absolute Gasteiger partial charge is 0.319 e. The van der Waals surface area contributed by atoms with Crippen molar-refractivity contribution >= 4 is 11.9 Å². The van der Waals surface area contributed by atoms with Gasteiger partial charge in [-0.2, -0.15) is 0 Å². The molecule has 0 radical (unpaired) electrons. The lowest BCUT2D eigenvalue weighted by Gasteiger charge is -2.36. The lowest BCUT2D eigenvalue weighted by Crippen LogP contribution is -2.53. The van der Waals surface area contributed by atoms with E-state index in [0.29, 0.717) is 26.2 Å². The molecule has 1 aromatic carbocycles. The molecule has 0 spiro atoms. The van der Waals surface area contributed by atoms with Crippen molar-refractivity contribution in [1.82, 2.24) is 14.7 Å². The molecule has 0 aliphatic carbocycles. The third-order valence-electron chi connectivity index (χ3n) is 4.58. The highest BCUT2D eigenvalue weighted by Gasteiger charge is 2.26. The highest BCUT2D eigenvalue weighted by Crippen LogP contribution is 2.32. The number of hydrogen-bond donors (Lipinski definition) is 0. The molecule has 0 atom stereocenters. The van der Waals surface area contributed by atoms with Crippen LogP contribution < -0.4 is 4.74 Å². The summed E-state index contributed by atoms with van der Waals surface area (Å²) in [6.45, 7) is 10.7. The van der Waals surface area contributed by atoms with Crippen molar-refractivity contribution in [1.29, 1.82) is 0 Å². The van der Waals surface area contributed by atoms with E-state index in [2.05, 4.69) is 33.8 Å². The van der Waals surface area contributed by atoms with E-state index in [9.17, 15) is 9.59 Å².